The number of hydrogen-bond donors (Lipinski definition) is 0. The van der Waals surface area contributed by atoms with E-state index in [1.807, 2.05) is 0 Å². The standard InChI is InChI=1S/C4H6N2O.C3H6O2/c1-4(7-2)6-3-5;1-3(4)5-2/h1-2H3;1-2H3. The van der Waals surface area contributed by atoms with Gasteiger partial charge in [0.05, 0.1) is 14.2 Å². The molecule has 0 fully saturated rings. The van der Waals surface area contributed by atoms with E-state index in [2.05, 4.69) is 14.5 Å². The van der Waals surface area contributed by atoms with Crippen LogP contribution in [0.2, 0.25) is 0 Å². The maximum atomic E-state index is 9.59. The largest absolute Gasteiger partial charge is 0.484 e. The van der Waals surface area contributed by atoms with E-state index in [-0.39, 0.29) is 5.97 Å². The minimum atomic E-state index is -0.245. The first-order valence-corrected chi connectivity index (χ1v) is 3.10. The number of nitrogens with zero attached hydrogens (tertiary/aromatic N) is 2. The summed E-state index contributed by atoms with van der Waals surface area (Å²) in [4.78, 5) is 12.8. The van der Waals surface area contributed by atoms with Crippen molar-refractivity contribution in [2.24, 2.45) is 4.99 Å². The highest BCUT2D eigenvalue weighted by molar-refractivity contribution is 5.73. The fourth-order valence-corrected chi connectivity index (χ4v) is 0.116. The van der Waals surface area contributed by atoms with Crippen LogP contribution in [0.3, 0.4) is 0 Å². The number of carbonyl (C=O) groups excluding carboxylic acids is 1. The van der Waals surface area contributed by atoms with E-state index in [4.69, 9.17) is 5.26 Å². The molecule has 0 unspecified atom stereocenters. The second kappa shape index (κ2) is 9.43. The maximum absolute atomic E-state index is 9.59. The van der Waals surface area contributed by atoms with Gasteiger partial charge < -0.3 is 9.47 Å². The van der Waals surface area contributed by atoms with Gasteiger partial charge in [-0.25, -0.2) is 0 Å². The van der Waals surface area contributed by atoms with Crippen molar-refractivity contribution in [2.75, 3.05) is 14.2 Å². The SMILES string of the molecule is COC(C)=NC#N.COC(C)=O. The molecule has 0 amide bonds. The monoisotopic (exact) mass is 172 g/mol. The molecule has 0 aliphatic rings. The van der Waals surface area contributed by atoms with Crippen molar-refractivity contribution in [2.45, 2.75) is 13.8 Å². The third-order valence-corrected chi connectivity index (χ3v) is 0.790. The Kier molecular flexibility index (Phi) is 10.3. The van der Waals surface area contributed by atoms with Crippen LogP contribution >= 0.6 is 0 Å². The lowest BCUT2D eigenvalue weighted by atomic mass is 10.8. The predicted molar refractivity (Wildman–Crippen MR) is 43.4 cm³/mol. The lowest BCUT2D eigenvalue weighted by Gasteiger charge is -1.88. The molecule has 0 atom stereocenters. The second-order valence-electron chi connectivity index (χ2n) is 1.63. The lowest BCUT2D eigenvalue weighted by molar-refractivity contribution is -0.137. The van der Waals surface area contributed by atoms with Crippen LogP contribution in [0.5, 0.6) is 0 Å². The van der Waals surface area contributed by atoms with E-state index < -0.39 is 0 Å². The molecule has 0 heterocycles. The van der Waals surface area contributed by atoms with Crippen LogP contribution in [0.1, 0.15) is 13.8 Å². The molecule has 0 saturated carbocycles. The van der Waals surface area contributed by atoms with E-state index in [0.29, 0.717) is 5.90 Å². The Morgan fingerprint density at radius 1 is 1.33 bits per heavy atom. The molecule has 0 aliphatic carbocycles. The lowest BCUT2D eigenvalue weighted by Crippen LogP contribution is -1.90. The Morgan fingerprint density at radius 3 is 1.83 bits per heavy atom. The van der Waals surface area contributed by atoms with Crippen LogP contribution in [0.4, 0.5) is 0 Å². The topological polar surface area (TPSA) is 71.7 Å². The van der Waals surface area contributed by atoms with Crippen LogP contribution in [0.15, 0.2) is 4.99 Å². The maximum Gasteiger partial charge on any atom is 0.302 e. The molecule has 0 aromatic rings. The number of carbonyl (C=O) groups is 1. The summed E-state index contributed by atoms with van der Waals surface area (Å²) < 4.78 is 8.63. The molecule has 12 heavy (non-hydrogen) atoms. The van der Waals surface area contributed by atoms with E-state index >= 15 is 0 Å². The summed E-state index contributed by atoms with van der Waals surface area (Å²) in [5, 5.41) is 7.85. The normalized spacial score (nSPS) is 8.75. The molecule has 5 heteroatoms. The number of esters is 1. The van der Waals surface area contributed by atoms with Gasteiger partial charge in [-0.2, -0.15) is 5.26 Å². The number of methoxy groups -OCH3 is 2. The van der Waals surface area contributed by atoms with Crippen molar-refractivity contribution in [3.63, 3.8) is 0 Å². The van der Waals surface area contributed by atoms with E-state index in [9.17, 15) is 4.79 Å². The number of nitriles is 1. The number of rotatable bonds is 0. The van der Waals surface area contributed by atoms with Crippen LogP contribution < -0.4 is 0 Å². The summed E-state index contributed by atoms with van der Waals surface area (Å²) in [6, 6.07) is 0. The van der Waals surface area contributed by atoms with Gasteiger partial charge in [-0.15, -0.1) is 4.99 Å². The summed E-state index contributed by atoms with van der Waals surface area (Å²) in [7, 11) is 2.82. The van der Waals surface area contributed by atoms with Gasteiger partial charge in [0, 0.05) is 13.8 Å². The molecular weight excluding hydrogens is 160 g/mol. The Hall–Kier alpha value is -1.57. The van der Waals surface area contributed by atoms with Gasteiger partial charge in [0.1, 0.15) is 0 Å². The molecule has 0 radical (unpaired) electrons. The zero-order valence-corrected chi connectivity index (χ0v) is 7.62. The quantitative estimate of drug-likeness (QED) is 0.233. The fraction of sp³-hybridized carbons (Fsp3) is 0.571. The molecule has 68 valence electrons. The zero-order valence-electron chi connectivity index (χ0n) is 7.62. The molecule has 0 spiro atoms. The highest BCUT2D eigenvalue weighted by Crippen LogP contribution is 1.72. The Bertz CT molecular complexity index is 193. The van der Waals surface area contributed by atoms with Gasteiger partial charge in [-0.3, -0.25) is 4.79 Å². The Labute approximate surface area is 71.6 Å². The number of hydrogen-bond acceptors (Lipinski definition) is 5. The van der Waals surface area contributed by atoms with Crippen LogP contribution in [0.25, 0.3) is 0 Å². The molecule has 0 aromatic carbocycles. The molecule has 0 aromatic heterocycles. The zero-order chi connectivity index (χ0) is 9.98. The predicted octanol–water partition coefficient (Wildman–Crippen LogP) is 0.712. The third-order valence-electron chi connectivity index (χ3n) is 0.790. The van der Waals surface area contributed by atoms with Crippen molar-refractivity contribution in [3.05, 3.63) is 0 Å². The third kappa shape index (κ3) is 15.8. The summed E-state index contributed by atoms with van der Waals surface area (Å²) >= 11 is 0. The Morgan fingerprint density at radius 2 is 1.75 bits per heavy atom. The first-order valence-electron chi connectivity index (χ1n) is 3.10. The van der Waals surface area contributed by atoms with Gasteiger partial charge in [0.2, 0.25) is 6.19 Å². The first kappa shape index (κ1) is 13.1. The smallest absolute Gasteiger partial charge is 0.302 e. The van der Waals surface area contributed by atoms with Crippen LogP contribution in [-0.4, -0.2) is 26.1 Å². The fourth-order valence-electron chi connectivity index (χ4n) is 0.116. The van der Waals surface area contributed by atoms with Crippen molar-refractivity contribution in [1.82, 2.24) is 0 Å². The summed E-state index contributed by atoms with van der Waals surface area (Å²) in [6.07, 6.45) is 1.58. The average molecular weight is 172 g/mol. The van der Waals surface area contributed by atoms with Gasteiger partial charge >= 0.3 is 5.97 Å². The highest BCUT2D eigenvalue weighted by atomic mass is 16.5. The van der Waals surface area contributed by atoms with Crippen molar-refractivity contribution in [1.29, 1.82) is 5.26 Å². The van der Waals surface area contributed by atoms with Crippen molar-refractivity contribution in [3.8, 4) is 6.19 Å². The highest BCUT2D eigenvalue weighted by Gasteiger charge is 1.78. The average Bonchev–Trinajstić information content (AvgIpc) is 2.06. The first-order chi connectivity index (χ1) is 5.58. The molecule has 0 rings (SSSR count). The molecule has 0 aliphatic heterocycles. The van der Waals surface area contributed by atoms with Crippen LogP contribution in [-0.2, 0) is 14.3 Å². The molecule has 0 N–H and O–H groups in total. The van der Waals surface area contributed by atoms with Gasteiger partial charge in [-0.05, 0) is 0 Å². The molecular formula is C7H12N2O3. The van der Waals surface area contributed by atoms with Crippen molar-refractivity contribution < 1.29 is 14.3 Å². The number of aliphatic imine (C=N–C) groups is 1. The minimum Gasteiger partial charge on any atom is -0.484 e. The number of ether oxygens (including phenoxy) is 2. The Balaban J connectivity index is 0. The summed E-state index contributed by atoms with van der Waals surface area (Å²) in [5.74, 6) is 0.146. The summed E-state index contributed by atoms with van der Waals surface area (Å²) in [5.41, 5.74) is 0. The van der Waals surface area contributed by atoms with Crippen LogP contribution in [0, 0.1) is 11.5 Å². The van der Waals surface area contributed by atoms with Crippen molar-refractivity contribution >= 4 is 11.9 Å². The molecule has 0 saturated heterocycles. The van der Waals surface area contributed by atoms with E-state index in [1.54, 1.807) is 13.1 Å². The molecule has 0 bridgehead atoms. The second-order valence-corrected chi connectivity index (χ2v) is 1.63. The summed E-state index contributed by atoms with van der Waals surface area (Å²) in [6.45, 7) is 2.98. The molecule has 5 nitrogen and oxygen atoms in total. The minimum absolute atomic E-state index is 0.245. The van der Waals surface area contributed by atoms with E-state index in [0.717, 1.165) is 0 Å². The van der Waals surface area contributed by atoms with Gasteiger partial charge in [0.15, 0.2) is 5.90 Å². The van der Waals surface area contributed by atoms with E-state index in [1.165, 1.54) is 21.1 Å². The van der Waals surface area contributed by atoms with Gasteiger partial charge in [0.25, 0.3) is 0 Å². The van der Waals surface area contributed by atoms with Gasteiger partial charge in [-0.1, -0.05) is 0 Å².